The molecule has 4 heterocycles. The van der Waals surface area contributed by atoms with Gasteiger partial charge in [-0.25, -0.2) is 9.48 Å². The number of aliphatic hydroxyl groups is 2. The molecule has 3 aromatic rings. The Bertz CT molecular complexity index is 1160. The van der Waals surface area contributed by atoms with Crippen molar-refractivity contribution in [2.45, 2.75) is 63.5 Å². The van der Waals surface area contributed by atoms with Crippen molar-refractivity contribution in [3.63, 3.8) is 0 Å². The molecule has 5 rings (SSSR count). The normalized spacial score (nSPS) is 27.8. The Labute approximate surface area is 172 Å². The first kappa shape index (κ1) is 19.4. The summed E-state index contributed by atoms with van der Waals surface area (Å²) in [5.41, 5.74) is 3.50. The first-order chi connectivity index (χ1) is 14.3. The van der Waals surface area contributed by atoms with E-state index in [2.05, 4.69) is 30.2 Å². The summed E-state index contributed by atoms with van der Waals surface area (Å²) in [5, 5.41) is 28.4. The minimum absolute atomic E-state index is 0.00986. The molecule has 2 aliphatic heterocycles. The molecule has 2 aliphatic rings. The van der Waals surface area contributed by atoms with Gasteiger partial charge in [-0.15, -0.1) is 5.10 Å². The summed E-state index contributed by atoms with van der Waals surface area (Å²) in [6.45, 7) is 5.32. The van der Waals surface area contributed by atoms with Crippen molar-refractivity contribution in [3.8, 4) is 0 Å². The number of aliphatic hydroxyl groups excluding tert-OH is 2. The standard InChI is InChI=1S/C20H25N5O5/c1-20(2)7-8-23-14-12(20)5-4-6-13(14)24(19(23)28)9-11-10-25(22-21-11)17-15(26)16(27)18(29-3)30-17/h4-6,10,15-18,26-27H,7-9H2,1-3H3/t15-,16+,17-,18+/m0/s1. The largest absolute Gasteiger partial charge is 0.385 e. The van der Waals surface area contributed by atoms with E-state index >= 15 is 0 Å². The average Bonchev–Trinajstić information content (AvgIpc) is 3.37. The van der Waals surface area contributed by atoms with Crippen LogP contribution in [0.2, 0.25) is 0 Å². The number of aryl methyl sites for hydroxylation is 1. The summed E-state index contributed by atoms with van der Waals surface area (Å²) >= 11 is 0. The highest BCUT2D eigenvalue weighted by atomic mass is 16.7. The van der Waals surface area contributed by atoms with Crippen LogP contribution in [-0.2, 0) is 28.0 Å². The highest BCUT2D eigenvalue weighted by molar-refractivity contribution is 5.81. The van der Waals surface area contributed by atoms with E-state index in [-0.39, 0.29) is 17.6 Å². The first-order valence-corrected chi connectivity index (χ1v) is 9.99. The molecule has 0 amide bonds. The number of hydrogen-bond acceptors (Lipinski definition) is 7. The van der Waals surface area contributed by atoms with Crippen LogP contribution in [0.4, 0.5) is 0 Å². The molecule has 0 spiro atoms. The van der Waals surface area contributed by atoms with E-state index in [9.17, 15) is 15.0 Å². The molecule has 30 heavy (non-hydrogen) atoms. The zero-order chi connectivity index (χ0) is 21.2. The highest BCUT2D eigenvalue weighted by Gasteiger charge is 2.44. The minimum Gasteiger partial charge on any atom is -0.385 e. The van der Waals surface area contributed by atoms with Crippen LogP contribution in [0.5, 0.6) is 0 Å². The molecule has 2 aromatic heterocycles. The summed E-state index contributed by atoms with van der Waals surface area (Å²) < 4.78 is 15.4. The van der Waals surface area contributed by atoms with Crippen molar-refractivity contribution in [1.82, 2.24) is 24.1 Å². The molecule has 160 valence electrons. The van der Waals surface area contributed by atoms with E-state index in [0.29, 0.717) is 12.2 Å². The van der Waals surface area contributed by atoms with Crippen molar-refractivity contribution in [2.75, 3.05) is 7.11 Å². The number of imidazole rings is 1. The maximum Gasteiger partial charge on any atom is 0.329 e. The molecule has 4 atom stereocenters. The van der Waals surface area contributed by atoms with Crippen molar-refractivity contribution in [2.24, 2.45) is 0 Å². The van der Waals surface area contributed by atoms with Crippen LogP contribution in [0.3, 0.4) is 0 Å². The Morgan fingerprint density at radius 3 is 2.83 bits per heavy atom. The van der Waals surface area contributed by atoms with Gasteiger partial charge in [0.25, 0.3) is 0 Å². The number of aromatic nitrogens is 5. The Balaban J connectivity index is 1.50. The fourth-order valence-electron chi connectivity index (χ4n) is 4.52. The predicted molar refractivity (Wildman–Crippen MR) is 106 cm³/mol. The van der Waals surface area contributed by atoms with E-state index in [0.717, 1.165) is 17.5 Å². The van der Waals surface area contributed by atoms with Gasteiger partial charge in [0, 0.05) is 13.7 Å². The molecule has 10 nitrogen and oxygen atoms in total. The highest BCUT2D eigenvalue weighted by Crippen LogP contribution is 2.37. The Hall–Kier alpha value is -2.53. The van der Waals surface area contributed by atoms with Crippen LogP contribution >= 0.6 is 0 Å². The Morgan fingerprint density at radius 2 is 2.10 bits per heavy atom. The molecular formula is C20H25N5O5. The second-order valence-corrected chi connectivity index (χ2v) is 8.63. The van der Waals surface area contributed by atoms with Crippen molar-refractivity contribution in [1.29, 1.82) is 0 Å². The van der Waals surface area contributed by atoms with E-state index in [1.54, 1.807) is 10.8 Å². The van der Waals surface area contributed by atoms with Crippen molar-refractivity contribution >= 4 is 11.0 Å². The molecule has 0 saturated carbocycles. The lowest BCUT2D eigenvalue weighted by atomic mass is 9.79. The molecule has 0 radical (unpaired) electrons. The molecule has 2 N–H and O–H groups in total. The van der Waals surface area contributed by atoms with Gasteiger partial charge >= 0.3 is 5.69 Å². The second kappa shape index (κ2) is 6.74. The van der Waals surface area contributed by atoms with Crippen LogP contribution < -0.4 is 5.69 Å². The lowest BCUT2D eigenvalue weighted by Gasteiger charge is -2.30. The third-order valence-corrected chi connectivity index (χ3v) is 6.29. The van der Waals surface area contributed by atoms with E-state index in [4.69, 9.17) is 9.47 Å². The summed E-state index contributed by atoms with van der Waals surface area (Å²) in [6, 6.07) is 6.03. The van der Waals surface area contributed by atoms with Gasteiger partial charge in [-0.05, 0) is 23.5 Å². The van der Waals surface area contributed by atoms with Gasteiger partial charge in [-0.2, -0.15) is 0 Å². The molecule has 1 saturated heterocycles. The maximum absolute atomic E-state index is 13.1. The molecule has 0 aliphatic carbocycles. The molecule has 1 aromatic carbocycles. The van der Waals surface area contributed by atoms with Crippen molar-refractivity contribution in [3.05, 3.63) is 46.1 Å². The Kier molecular flexibility index (Phi) is 4.37. The summed E-state index contributed by atoms with van der Waals surface area (Å²) in [4.78, 5) is 13.1. The van der Waals surface area contributed by atoms with Crippen LogP contribution in [0.1, 0.15) is 37.8 Å². The van der Waals surface area contributed by atoms with Crippen LogP contribution in [0.25, 0.3) is 11.0 Å². The summed E-state index contributed by atoms with van der Waals surface area (Å²) in [6.07, 6.45) is -1.73. The zero-order valence-electron chi connectivity index (χ0n) is 17.1. The number of hydrogen-bond donors (Lipinski definition) is 2. The monoisotopic (exact) mass is 415 g/mol. The van der Waals surface area contributed by atoms with Crippen molar-refractivity contribution < 1.29 is 19.7 Å². The summed E-state index contributed by atoms with van der Waals surface area (Å²) in [7, 11) is 1.39. The number of nitrogens with zero attached hydrogens (tertiary/aromatic N) is 5. The molecule has 0 bridgehead atoms. The molecule has 1 fully saturated rings. The number of methoxy groups -OCH3 is 1. The quantitative estimate of drug-likeness (QED) is 0.631. The number of para-hydroxylation sites is 1. The third kappa shape index (κ3) is 2.75. The second-order valence-electron chi connectivity index (χ2n) is 8.63. The smallest absolute Gasteiger partial charge is 0.329 e. The lowest BCUT2D eigenvalue weighted by Crippen LogP contribution is -2.32. The lowest BCUT2D eigenvalue weighted by molar-refractivity contribution is -0.163. The molecule has 10 heteroatoms. The van der Waals surface area contributed by atoms with Gasteiger partial charge in [0.1, 0.15) is 17.9 Å². The van der Waals surface area contributed by atoms with E-state index in [1.165, 1.54) is 17.4 Å². The van der Waals surface area contributed by atoms with Gasteiger partial charge in [-0.3, -0.25) is 9.13 Å². The van der Waals surface area contributed by atoms with E-state index < -0.39 is 24.7 Å². The maximum atomic E-state index is 13.1. The number of ether oxygens (including phenoxy) is 2. The number of rotatable bonds is 4. The SMILES string of the molecule is CO[C@@H]1O[C@H](n2cc(Cn3c(=O)n4c5c(cccc53)C(C)(C)CC4)nn2)[C@@H](O)[C@H]1O. The molecule has 0 unspecified atom stereocenters. The third-order valence-electron chi connectivity index (χ3n) is 6.29. The van der Waals surface area contributed by atoms with Crippen LogP contribution in [0.15, 0.2) is 29.2 Å². The zero-order valence-corrected chi connectivity index (χ0v) is 17.1. The van der Waals surface area contributed by atoms with Gasteiger partial charge in [-0.1, -0.05) is 31.2 Å². The fourth-order valence-corrected chi connectivity index (χ4v) is 4.52. The first-order valence-electron chi connectivity index (χ1n) is 9.99. The van der Waals surface area contributed by atoms with Crippen LogP contribution in [-0.4, -0.2) is 59.9 Å². The van der Waals surface area contributed by atoms with Crippen LogP contribution in [0, 0.1) is 0 Å². The fraction of sp³-hybridized carbons (Fsp3) is 0.550. The van der Waals surface area contributed by atoms with Gasteiger partial charge in [0.05, 0.1) is 23.8 Å². The van der Waals surface area contributed by atoms with Gasteiger partial charge in [0.2, 0.25) is 0 Å². The molecular weight excluding hydrogens is 390 g/mol. The topological polar surface area (TPSA) is 117 Å². The van der Waals surface area contributed by atoms with Gasteiger partial charge in [0.15, 0.2) is 12.5 Å². The average molecular weight is 415 g/mol. The predicted octanol–water partition coefficient (Wildman–Crippen LogP) is 0.347. The summed E-state index contributed by atoms with van der Waals surface area (Å²) in [5.74, 6) is 0. The van der Waals surface area contributed by atoms with E-state index in [1.807, 2.05) is 16.7 Å². The number of benzene rings is 1. The minimum atomic E-state index is -1.20. The van der Waals surface area contributed by atoms with Gasteiger partial charge < -0.3 is 19.7 Å². The Morgan fingerprint density at radius 1 is 1.30 bits per heavy atom.